The van der Waals surface area contributed by atoms with Gasteiger partial charge in [0, 0.05) is 35.5 Å². The molecular formula is C31H35Cl2F2N5O2. The fourth-order valence-electron chi connectivity index (χ4n) is 6.24. The Balaban J connectivity index is 1.56. The predicted octanol–water partition coefficient (Wildman–Crippen LogP) is 6.36. The smallest absolute Gasteiger partial charge is 0.242 e. The van der Waals surface area contributed by atoms with Gasteiger partial charge in [-0.05, 0) is 41.2 Å². The molecule has 4 atom stereocenters. The summed E-state index contributed by atoms with van der Waals surface area (Å²) in [5.74, 6) is -1.86. The lowest BCUT2D eigenvalue weighted by Crippen LogP contribution is -2.44. The van der Waals surface area contributed by atoms with Crippen molar-refractivity contribution in [3.05, 3.63) is 81.6 Å². The number of aromatic nitrogens is 2. The Morgan fingerprint density at radius 3 is 2.48 bits per heavy atom. The van der Waals surface area contributed by atoms with Crippen LogP contribution in [0.2, 0.25) is 10.0 Å². The minimum atomic E-state index is -1.06. The number of carbonyl (C=O) groups excluding carboxylic acids is 1. The number of anilines is 2. The number of hydrogen-bond acceptors (Lipinski definition) is 6. The average molecular weight is 619 g/mol. The monoisotopic (exact) mass is 617 g/mol. The van der Waals surface area contributed by atoms with Gasteiger partial charge in [-0.25, -0.2) is 18.7 Å². The number of carbonyl (C=O) groups is 1. The van der Waals surface area contributed by atoms with Gasteiger partial charge in [0.15, 0.2) is 0 Å². The fourth-order valence-corrected chi connectivity index (χ4v) is 6.58. The molecule has 3 heterocycles. The van der Waals surface area contributed by atoms with E-state index in [1.165, 1.54) is 12.1 Å². The normalized spacial score (nSPS) is 24.6. The van der Waals surface area contributed by atoms with E-state index < -0.39 is 41.0 Å². The van der Waals surface area contributed by atoms with Crippen LogP contribution in [0.3, 0.4) is 0 Å². The lowest BCUT2D eigenvalue weighted by molar-refractivity contribution is -0.118. The highest BCUT2D eigenvalue weighted by Gasteiger charge is 2.57. The molecule has 1 aromatic heterocycles. The largest absolute Gasteiger partial charge is 0.378 e. The van der Waals surface area contributed by atoms with Crippen molar-refractivity contribution in [1.29, 1.82) is 0 Å². The summed E-state index contributed by atoms with van der Waals surface area (Å²) in [6.07, 6.45) is 3.67. The van der Waals surface area contributed by atoms with Crippen LogP contribution in [-0.4, -0.2) is 54.3 Å². The first-order valence-electron chi connectivity index (χ1n) is 14.0. The summed E-state index contributed by atoms with van der Waals surface area (Å²) in [5, 5.41) is 6.55. The number of hydrogen-bond donors (Lipinski definition) is 2. The van der Waals surface area contributed by atoms with Crippen LogP contribution in [0.5, 0.6) is 0 Å². The van der Waals surface area contributed by atoms with E-state index in [0.717, 1.165) is 0 Å². The highest BCUT2D eigenvalue weighted by Crippen LogP contribution is 2.52. The van der Waals surface area contributed by atoms with Crippen LogP contribution in [0.4, 0.5) is 20.4 Å². The SMILES string of the molecule is CC(C)(C)C[C@@H]1N[C@@H](C(=O)Nc2cnc(N3CCOCC3)nc2)C(c2cccc(Cl)c2F)[C@@]1(C)c1ccc(Cl)cc1F. The lowest BCUT2D eigenvalue weighted by atomic mass is 9.63. The zero-order chi connectivity index (χ0) is 30.2. The number of rotatable bonds is 6. The Labute approximate surface area is 255 Å². The summed E-state index contributed by atoms with van der Waals surface area (Å²) in [4.78, 5) is 24.9. The van der Waals surface area contributed by atoms with Crippen molar-refractivity contribution in [3.8, 4) is 0 Å². The number of nitrogens with one attached hydrogen (secondary N) is 2. The number of ether oxygens (including phenoxy) is 1. The molecule has 2 aromatic carbocycles. The summed E-state index contributed by atoms with van der Waals surface area (Å²) < 4.78 is 36.9. The van der Waals surface area contributed by atoms with E-state index in [1.54, 1.807) is 36.7 Å². The van der Waals surface area contributed by atoms with Gasteiger partial charge in [0.1, 0.15) is 11.6 Å². The van der Waals surface area contributed by atoms with Gasteiger partial charge >= 0.3 is 0 Å². The van der Waals surface area contributed by atoms with Crippen molar-refractivity contribution in [1.82, 2.24) is 15.3 Å². The quantitative estimate of drug-likeness (QED) is 0.335. The van der Waals surface area contributed by atoms with Gasteiger partial charge in [-0.1, -0.05) is 69.1 Å². The summed E-state index contributed by atoms with van der Waals surface area (Å²) >= 11 is 12.4. The molecule has 3 aromatic rings. The Bertz CT molecular complexity index is 1450. The maximum Gasteiger partial charge on any atom is 0.242 e. The second kappa shape index (κ2) is 12.0. The average Bonchev–Trinajstić information content (AvgIpc) is 3.22. The highest BCUT2D eigenvalue weighted by molar-refractivity contribution is 6.31. The van der Waals surface area contributed by atoms with Crippen LogP contribution < -0.4 is 15.5 Å². The van der Waals surface area contributed by atoms with Crippen molar-refractivity contribution >= 4 is 40.7 Å². The van der Waals surface area contributed by atoms with Crippen molar-refractivity contribution < 1.29 is 18.3 Å². The number of amides is 1. The molecular weight excluding hydrogens is 583 g/mol. The fraction of sp³-hybridized carbons (Fsp3) is 0.452. The van der Waals surface area contributed by atoms with Crippen LogP contribution >= 0.6 is 23.2 Å². The van der Waals surface area contributed by atoms with Crippen LogP contribution in [0.15, 0.2) is 48.8 Å². The topological polar surface area (TPSA) is 79.4 Å². The molecule has 1 unspecified atom stereocenters. The van der Waals surface area contributed by atoms with E-state index in [0.29, 0.717) is 49.9 Å². The first kappa shape index (κ1) is 30.6. The second-order valence-corrected chi connectivity index (χ2v) is 13.2. The summed E-state index contributed by atoms with van der Waals surface area (Å²) in [6.45, 7) is 10.6. The molecule has 5 rings (SSSR count). The zero-order valence-electron chi connectivity index (χ0n) is 24.1. The maximum atomic E-state index is 15.8. The van der Waals surface area contributed by atoms with Gasteiger partial charge in [0.25, 0.3) is 0 Å². The van der Waals surface area contributed by atoms with Gasteiger partial charge in [-0.3, -0.25) is 4.79 Å². The number of nitrogens with zero attached hydrogens (tertiary/aromatic N) is 3. The summed E-state index contributed by atoms with van der Waals surface area (Å²) in [6, 6.07) is 7.86. The Hall–Kier alpha value is -2.85. The molecule has 0 aliphatic carbocycles. The number of morpholine rings is 1. The van der Waals surface area contributed by atoms with Gasteiger partial charge in [-0.15, -0.1) is 0 Å². The highest BCUT2D eigenvalue weighted by atomic mass is 35.5. The van der Waals surface area contributed by atoms with Gasteiger partial charge in [0.2, 0.25) is 11.9 Å². The molecule has 0 spiro atoms. The van der Waals surface area contributed by atoms with Crippen LogP contribution in [0.25, 0.3) is 0 Å². The van der Waals surface area contributed by atoms with E-state index in [4.69, 9.17) is 27.9 Å². The molecule has 224 valence electrons. The van der Waals surface area contributed by atoms with Crippen LogP contribution in [-0.2, 0) is 14.9 Å². The third-order valence-electron chi connectivity index (χ3n) is 8.21. The molecule has 2 fully saturated rings. The van der Waals surface area contributed by atoms with E-state index in [1.807, 2.05) is 11.8 Å². The molecule has 2 aliphatic rings. The van der Waals surface area contributed by atoms with Crippen molar-refractivity contribution in [2.24, 2.45) is 5.41 Å². The van der Waals surface area contributed by atoms with Crippen LogP contribution in [0.1, 0.15) is 51.2 Å². The Kier molecular flexibility index (Phi) is 8.77. The van der Waals surface area contributed by atoms with E-state index in [2.05, 4.69) is 41.4 Å². The minimum absolute atomic E-state index is 0.0723. The maximum absolute atomic E-state index is 15.8. The van der Waals surface area contributed by atoms with Crippen molar-refractivity contribution in [3.63, 3.8) is 0 Å². The van der Waals surface area contributed by atoms with Gasteiger partial charge in [0.05, 0.1) is 42.4 Å². The molecule has 2 N–H and O–H groups in total. The molecule has 0 radical (unpaired) electrons. The number of halogens is 4. The zero-order valence-corrected chi connectivity index (χ0v) is 25.6. The second-order valence-electron chi connectivity index (χ2n) is 12.3. The van der Waals surface area contributed by atoms with Gasteiger partial charge < -0.3 is 20.3 Å². The van der Waals surface area contributed by atoms with E-state index >= 15 is 8.78 Å². The molecule has 7 nitrogen and oxygen atoms in total. The van der Waals surface area contributed by atoms with Gasteiger partial charge in [-0.2, -0.15) is 0 Å². The Morgan fingerprint density at radius 2 is 1.83 bits per heavy atom. The lowest BCUT2D eigenvalue weighted by Gasteiger charge is -2.40. The first-order valence-corrected chi connectivity index (χ1v) is 14.7. The van der Waals surface area contributed by atoms with E-state index in [9.17, 15) is 4.79 Å². The van der Waals surface area contributed by atoms with E-state index in [-0.39, 0.29) is 21.0 Å². The summed E-state index contributed by atoms with van der Waals surface area (Å²) in [5.41, 5.74) is -0.309. The standard InChI is InChI=1S/C31H35Cl2F2N5O2/c1-30(2,3)15-24-31(4,21-9-8-18(32)14-23(21)34)25(20-6-5-7-22(33)26(20)35)27(39-24)28(41)38-19-16-36-29(37-17-19)40-10-12-42-13-11-40/h5-9,14,16-17,24-25,27,39H,10-13,15H2,1-4H3,(H,38,41)/t24-,25?,27+,31-/m0/s1. The molecule has 11 heteroatoms. The minimum Gasteiger partial charge on any atom is -0.378 e. The third-order valence-corrected chi connectivity index (χ3v) is 8.74. The Morgan fingerprint density at radius 1 is 1.14 bits per heavy atom. The van der Waals surface area contributed by atoms with Crippen LogP contribution in [0, 0.1) is 17.0 Å². The molecule has 1 amide bonds. The third kappa shape index (κ3) is 6.11. The number of benzene rings is 2. The first-order chi connectivity index (χ1) is 19.9. The van der Waals surface area contributed by atoms with Crippen molar-refractivity contribution in [2.75, 3.05) is 36.5 Å². The molecule has 0 bridgehead atoms. The molecule has 2 saturated heterocycles. The summed E-state index contributed by atoms with van der Waals surface area (Å²) in [7, 11) is 0. The van der Waals surface area contributed by atoms with Crippen molar-refractivity contribution in [2.45, 2.75) is 57.5 Å². The molecule has 0 saturated carbocycles. The molecule has 42 heavy (non-hydrogen) atoms. The predicted molar refractivity (Wildman–Crippen MR) is 161 cm³/mol. The molecule has 2 aliphatic heterocycles.